The molecule has 0 aliphatic heterocycles. The van der Waals surface area contributed by atoms with E-state index in [1.807, 2.05) is 0 Å². The number of fused-ring (bicyclic) bond motifs is 1. The largest absolute Gasteiger partial charge is 0.390 e. The topological polar surface area (TPSA) is 62.0 Å². The summed E-state index contributed by atoms with van der Waals surface area (Å²) in [4.78, 5) is 2.96. The Labute approximate surface area is 103 Å². The van der Waals surface area contributed by atoms with Crippen molar-refractivity contribution in [2.24, 2.45) is 5.73 Å². The van der Waals surface area contributed by atoms with Gasteiger partial charge in [-0.1, -0.05) is 6.07 Å². The molecule has 2 rings (SSSR count). The molecule has 0 amide bonds. The van der Waals surface area contributed by atoms with Gasteiger partial charge in [0.05, 0.1) is 6.04 Å². The maximum absolute atomic E-state index is 13.2. The standard InChI is InChI=1S/C11H12F2N2O.ClH/c12-11(13,6-16)10(14)8-1-2-9-7(5-8)3-4-15-9;/h1-5,10,15-16H,6,14H2;1H/t10-;/m1./s1. The smallest absolute Gasteiger partial charge is 0.289 e. The molecular formula is C11H13ClF2N2O. The number of aliphatic hydroxyl groups excluding tert-OH is 1. The summed E-state index contributed by atoms with van der Waals surface area (Å²) in [6.07, 6.45) is 1.73. The molecule has 0 aliphatic carbocycles. The Bertz CT molecular complexity index is 501. The number of hydrogen-bond donors (Lipinski definition) is 3. The Kier molecular flexibility index (Phi) is 4.08. The van der Waals surface area contributed by atoms with Gasteiger partial charge in [-0.3, -0.25) is 0 Å². The minimum absolute atomic E-state index is 0. The second-order valence-electron chi connectivity index (χ2n) is 3.72. The van der Waals surface area contributed by atoms with Crippen molar-refractivity contribution in [1.29, 1.82) is 0 Å². The van der Waals surface area contributed by atoms with Crippen molar-refractivity contribution in [2.75, 3.05) is 6.61 Å². The maximum atomic E-state index is 13.2. The van der Waals surface area contributed by atoms with Crippen LogP contribution >= 0.6 is 12.4 Å². The lowest BCUT2D eigenvalue weighted by atomic mass is 10.0. The number of aliphatic hydroxyl groups is 1. The molecule has 0 aliphatic rings. The molecule has 6 heteroatoms. The number of aromatic amines is 1. The Balaban J connectivity index is 0.00000144. The van der Waals surface area contributed by atoms with Crippen molar-refractivity contribution < 1.29 is 13.9 Å². The molecule has 2 aromatic rings. The van der Waals surface area contributed by atoms with Crippen molar-refractivity contribution in [1.82, 2.24) is 4.98 Å². The number of aromatic nitrogens is 1. The van der Waals surface area contributed by atoms with Crippen molar-refractivity contribution in [3.63, 3.8) is 0 Å². The summed E-state index contributed by atoms with van der Waals surface area (Å²) in [5, 5.41) is 9.38. The summed E-state index contributed by atoms with van der Waals surface area (Å²) >= 11 is 0. The van der Waals surface area contributed by atoms with Gasteiger partial charge in [-0.25, -0.2) is 8.78 Å². The summed E-state index contributed by atoms with van der Waals surface area (Å²) in [6, 6.07) is 5.12. The average Bonchev–Trinajstić information content (AvgIpc) is 2.74. The van der Waals surface area contributed by atoms with E-state index >= 15 is 0 Å². The summed E-state index contributed by atoms with van der Waals surface area (Å²) in [5.41, 5.74) is 6.60. The van der Waals surface area contributed by atoms with E-state index in [0.717, 1.165) is 10.9 Å². The third-order valence-electron chi connectivity index (χ3n) is 2.60. The molecule has 1 aromatic carbocycles. The van der Waals surface area contributed by atoms with Gasteiger partial charge >= 0.3 is 0 Å². The highest BCUT2D eigenvalue weighted by Crippen LogP contribution is 2.30. The van der Waals surface area contributed by atoms with Crippen LogP contribution in [0.15, 0.2) is 30.5 Å². The quantitative estimate of drug-likeness (QED) is 0.794. The van der Waals surface area contributed by atoms with E-state index in [1.165, 1.54) is 6.07 Å². The maximum Gasteiger partial charge on any atom is 0.289 e. The first-order valence-corrected chi connectivity index (χ1v) is 4.86. The van der Waals surface area contributed by atoms with E-state index in [0.29, 0.717) is 5.56 Å². The number of rotatable bonds is 3. The highest BCUT2D eigenvalue weighted by Gasteiger charge is 2.37. The predicted molar refractivity (Wildman–Crippen MR) is 64.5 cm³/mol. The fraction of sp³-hybridized carbons (Fsp3) is 0.273. The zero-order valence-electron chi connectivity index (χ0n) is 8.86. The van der Waals surface area contributed by atoms with Crippen molar-refractivity contribution >= 4 is 23.3 Å². The molecule has 0 unspecified atom stereocenters. The molecule has 0 saturated carbocycles. The molecule has 0 spiro atoms. The SMILES string of the molecule is Cl.N[C@H](c1ccc2[nH]ccc2c1)C(F)(F)CO. The van der Waals surface area contributed by atoms with Crippen molar-refractivity contribution in [3.05, 3.63) is 36.0 Å². The highest BCUT2D eigenvalue weighted by atomic mass is 35.5. The molecule has 1 aromatic heterocycles. The van der Waals surface area contributed by atoms with Crippen LogP contribution in [0, 0.1) is 0 Å². The van der Waals surface area contributed by atoms with Crippen LogP contribution in [-0.2, 0) is 0 Å². The monoisotopic (exact) mass is 262 g/mol. The molecule has 1 atom stereocenters. The van der Waals surface area contributed by atoms with E-state index < -0.39 is 18.6 Å². The molecular weight excluding hydrogens is 250 g/mol. The average molecular weight is 263 g/mol. The minimum atomic E-state index is -3.30. The van der Waals surface area contributed by atoms with E-state index in [-0.39, 0.29) is 12.4 Å². The number of hydrogen-bond acceptors (Lipinski definition) is 2. The first kappa shape index (κ1) is 13.9. The van der Waals surface area contributed by atoms with Crippen LogP contribution in [0.2, 0.25) is 0 Å². The van der Waals surface area contributed by atoms with E-state index in [2.05, 4.69) is 4.98 Å². The van der Waals surface area contributed by atoms with Gasteiger partial charge in [-0.05, 0) is 29.1 Å². The molecule has 1 heterocycles. The van der Waals surface area contributed by atoms with Crippen LogP contribution in [0.4, 0.5) is 8.78 Å². The van der Waals surface area contributed by atoms with E-state index in [1.54, 1.807) is 24.4 Å². The van der Waals surface area contributed by atoms with Gasteiger partial charge in [0.2, 0.25) is 0 Å². The number of alkyl halides is 2. The third kappa shape index (κ3) is 2.57. The van der Waals surface area contributed by atoms with E-state index in [9.17, 15) is 8.78 Å². The second-order valence-corrected chi connectivity index (χ2v) is 3.72. The van der Waals surface area contributed by atoms with Crippen LogP contribution in [0.25, 0.3) is 10.9 Å². The summed E-state index contributed by atoms with van der Waals surface area (Å²) < 4.78 is 26.4. The summed E-state index contributed by atoms with van der Waals surface area (Å²) in [7, 11) is 0. The molecule has 17 heavy (non-hydrogen) atoms. The van der Waals surface area contributed by atoms with Crippen molar-refractivity contribution in [2.45, 2.75) is 12.0 Å². The molecule has 94 valence electrons. The Morgan fingerprint density at radius 3 is 2.71 bits per heavy atom. The van der Waals surface area contributed by atoms with Crippen molar-refractivity contribution in [3.8, 4) is 0 Å². The molecule has 0 radical (unpaired) electrons. The van der Waals surface area contributed by atoms with Gasteiger partial charge < -0.3 is 15.8 Å². The zero-order chi connectivity index (χ0) is 11.8. The zero-order valence-corrected chi connectivity index (χ0v) is 9.68. The van der Waals surface area contributed by atoms with Gasteiger partial charge in [-0.15, -0.1) is 12.4 Å². The number of nitrogens with one attached hydrogen (secondary N) is 1. The molecule has 3 nitrogen and oxygen atoms in total. The number of halogens is 3. The van der Waals surface area contributed by atoms with Gasteiger partial charge in [0.1, 0.15) is 6.61 Å². The fourth-order valence-electron chi connectivity index (χ4n) is 1.61. The molecule has 0 saturated heterocycles. The van der Waals surface area contributed by atoms with E-state index in [4.69, 9.17) is 10.8 Å². The van der Waals surface area contributed by atoms with Crippen LogP contribution in [0.3, 0.4) is 0 Å². The normalized spacial score (nSPS) is 13.4. The first-order valence-electron chi connectivity index (χ1n) is 4.86. The van der Waals surface area contributed by atoms with Crippen LogP contribution in [0.5, 0.6) is 0 Å². The predicted octanol–water partition coefficient (Wildman–Crippen LogP) is 2.22. The lowest BCUT2D eigenvalue weighted by Crippen LogP contribution is -2.36. The van der Waals surface area contributed by atoms with Crippen LogP contribution < -0.4 is 5.73 Å². The van der Waals surface area contributed by atoms with Gasteiger partial charge in [0, 0.05) is 11.7 Å². The Morgan fingerprint density at radius 1 is 1.35 bits per heavy atom. The summed E-state index contributed by atoms with van der Waals surface area (Å²) in [5.74, 6) is -3.30. The molecule has 0 fully saturated rings. The first-order chi connectivity index (χ1) is 7.54. The number of benzene rings is 1. The minimum Gasteiger partial charge on any atom is -0.390 e. The second kappa shape index (κ2) is 5.00. The van der Waals surface area contributed by atoms with Gasteiger partial charge in [-0.2, -0.15) is 0 Å². The third-order valence-corrected chi connectivity index (χ3v) is 2.60. The van der Waals surface area contributed by atoms with Gasteiger partial charge in [0.25, 0.3) is 5.92 Å². The summed E-state index contributed by atoms with van der Waals surface area (Å²) in [6.45, 7) is -1.25. The number of nitrogens with two attached hydrogens (primary N) is 1. The highest BCUT2D eigenvalue weighted by molar-refractivity contribution is 5.85. The Hall–Kier alpha value is -1.17. The molecule has 4 N–H and O–H groups in total. The fourth-order valence-corrected chi connectivity index (χ4v) is 1.61. The van der Waals surface area contributed by atoms with Crippen LogP contribution in [0.1, 0.15) is 11.6 Å². The number of H-pyrrole nitrogens is 1. The lowest BCUT2D eigenvalue weighted by molar-refractivity contribution is -0.0711. The molecule has 0 bridgehead atoms. The van der Waals surface area contributed by atoms with Gasteiger partial charge in [0.15, 0.2) is 0 Å². The Morgan fingerprint density at radius 2 is 2.06 bits per heavy atom. The van der Waals surface area contributed by atoms with Crippen LogP contribution in [-0.4, -0.2) is 22.6 Å². The lowest BCUT2D eigenvalue weighted by Gasteiger charge is -2.21.